The fourth-order valence-corrected chi connectivity index (χ4v) is 1.81. The number of aryl methyl sites for hydroxylation is 1. The van der Waals surface area contributed by atoms with Gasteiger partial charge in [-0.05, 0) is 30.5 Å². The van der Waals surface area contributed by atoms with E-state index in [0.717, 1.165) is 18.5 Å². The van der Waals surface area contributed by atoms with Crippen LogP contribution in [0.2, 0.25) is 0 Å². The van der Waals surface area contributed by atoms with Crippen LogP contribution in [0, 0.1) is 0 Å². The summed E-state index contributed by atoms with van der Waals surface area (Å²) in [6, 6.07) is 8.25. The molecular formula is C15H22N2O3. The van der Waals surface area contributed by atoms with Crippen molar-refractivity contribution < 1.29 is 14.7 Å². The molecule has 5 nitrogen and oxygen atoms in total. The predicted octanol–water partition coefficient (Wildman–Crippen LogP) is 1.67. The Morgan fingerprint density at radius 1 is 1.15 bits per heavy atom. The van der Waals surface area contributed by atoms with Crippen LogP contribution in [0.3, 0.4) is 0 Å². The Balaban J connectivity index is 2.23. The SMILES string of the molecule is CN(C)c1ccc(CCCC(=O)NCCC(=O)O)cc1. The van der Waals surface area contributed by atoms with E-state index in [2.05, 4.69) is 29.6 Å². The zero-order valence-electron chi connectivity index (χ0n) is 12.1. The van der Waals surface area contributed by atoms with Crippen LogP contribution in [0.25, 0.3) is 0 Å². The van der Waals surface area contributed by atoms with Gasteiger partial charge in [0, 0.05) is 32.7 Å². The first-order valence-corrected chi connectivity index (χ1v) is 6.74. The molecule has 0 aromatic heterocycles. The Kier molecular flexibility index (Phi) is 6.56. The number of benzene rings is 1. The third-order valence-electron chi connectivity index (χ3n) is 2.98. The average molecular weight is 278 g/mol. The van der Waals surface area contributed by atoms with Crippen LogP contribution in [0.1, 0.15) is 24.8 Å². The number of carboxylic acids is 1. The molecule has 5 heteroatoms. The van der Waals surface area contributed by atoms with E-state index in [-0.39, 0.29) is 18.9 Å². The lowest BCUT2D eigenvalue weighted by molar-refractivity contribution is -0.136. The summed E-state index contributed by atoms with van der Waals surface area (Å²) < 4.78 is 0. The molecule has 0 heterocycles. The van der Waals surface area contributed by atoms with Gasteiger partial charge in [-0.15, -0.1) is 0 Å². The van der Waals surface area contributed by atoms with E-state index >= 15 is 0 Å². The molecule has 0 aliphatic carbocycles. The number of aliphatic carboxylic acids is 1. The van der Waals surface area contributed by atoms with Gasteiger partial charge < -0.3 is 15.3 Å². The number of nitrogens with zero attached hydrogens (tertiary/aromatic N) is 1. The van der Waals surface area contributed by atoms with E-state index in [1.165, 1.54) is 5.56 Å². The fourth-order valence-electron chi connectivity index (χ4n) is 1.81. The Bertz CT molecular complexity index is 441. The van der Waals surface area contributed by atoms with Gasteiger partial charge in [-0.2, -0.15) is 0 Å². The highest BCUT2D eigenvalue weighted by atomic mass is 16.4. The molecule has 1 aromatic carbocycles. The van der Waals surface area contributed by atoms with Gasteiger partial charge in [-0.1, -0.05) is 12.1 Å². The molecule has 0 unspecified atom stereocenters. The van der Waals surface area contributed by atoms with Gasteiger partial charge in [0.15, 0.2) is 0 Å². The first-order chi connectivity index (χ1) is 9.49. The van der Waals surface area contributed by atoms with E-state index in [1.54, 1.807) is 0 Å². The maximum Gasteiger partial charge on any atom is 0.305 e. The molecule has 0 bridgehead atoms. The van der Waals surface area contributed by atoms with Crippen LogP contribution in [-0.2, 0) is 16.0 Å². The molecule has 1 rings (SSSR count). The van der Waals surface area contributed by atoms with Crippen molar-refractivity contribution in [3.05, 3.63) is 29.8 Å². The zero-order valence-corrected chi connectivity index (χ0v) is 12.1. The number of carbonyl (C=O) groups excluding carboxylic acids is 1. The fraction of sp³-hybridized carbons (Fsp3) is 0.467. The van der Waals surface area contributed by atoms with E-state index in [1.807, 2.05) is 19.0 Å². The number of rotatable bonds is 8. The molecule has 2 N–H and O–H groups in total. The van der Waals surface area contributed by atoms with E-state index < -0.39 is 5.97 Å². The molecule has 0 aliphatic heterocycles. The minimum atomic E-state index is -0.897. The van der Waals surface area contributed by atoms with Crippen molar-refractivity contribution in [2.75, 3.05) is 25.5 Å². The van der Waals surface area contributed by atoms with Gasteiger partial charge in [0.1, 0.15) is 0 Å². The predicted molar refractivity (Wildman–Crippen MR) is 79.0 cm³/mol. The summed E-state index contributed by atoms with van der Waals surface area (Å²) in [5, 5.41) is 11.1. The van der Waals surface area contributed by atoms with Crippen molar-refractivity contribution in [2.45, 2.75) is 25.7 Å². The summed E-state index contributed by atoms with van der Waals surface area (Å²) in [7, 11) is 3.99. The van der Waals surface area contributed by atoms with Gasteiger partial charge in [0.25, 0.3) is 0 Å². The highest BCUT2D eigenvalue weighted by molar-refractivity contribution is 5.76. The molecule has 0 spiro atoms. The third-order valence-corrected chi connectivity index (χ3v) is 2.98. The summed E-state index contributed by atoms with van der Waals surface area (Å²) in [5.74, 6) is -0.984. The van der Waals surface area contributed by atoms with E-state index in [0.29, 0.717) is 6.42 Å². The van der Waals surface area contributed by atoms with Gasteiger partial charge in [-0.3, -0.25) is 9.59 Å². The average Bonchev–Trinajstić information content (AvgIpc) is 2.39. The monoisotopic (exact) mass is 278 g/mol. The molecule has 0 atom stereocenters. The van der Waals surface area contributed by atoms with Crippen molar-refractivity contribution >= 4 is 17.6 Å². The lowest BCUT2D eigenvalue weighted by Gasteiger charge is -2.12. The van der Waals surface area contributed by atoms with Crippen LogP contribution >= 0.6 is 0 Å². The maximum absolute atomic E-state index is 11.4. The van der Waals surface area contributed by atoms with Crippen molar-refractivity contribution in [1.29, 1.82) is 0 Å². The second kappa shape index (κ2) is 8.19. The van der Waals surface area contributed by atoms with E-state index in [4.69, 9.17) is 5.11 Å². The molecule has 1 amide bonds. The zero-order chi connectivity index (χ0) is 15.0. The Morgan fingerprint density at radius 2 is 1.80 bits per heavy atom. The highest BCUT2D eigenvalue weighted by Gasteiger charge is 2.03. The molecule has 0 fully saturated rings. The van der Waals surface area contributed by atoms with Crippen LogP contribution in [0.15, 0.2) is 24.3 Å². The Labute approximate surface area is 119 Å². The van der Waals surface area contributed by atoms with Gasteiger partial charge in [0.2, 0.25) is 5.91 Å². The second-order valence-corrected chi connectivity index (χ2v) is 4.91. The third kappa shape index (κ3) is 6.22. The number of nitrogens with one attached hydrogen (secondary N) is 1. The normalized spacial score (nSPS) is 10.1. The minimum absolute atomic E-state index is 0.0300. The molecular weight excluding hydrogens is 256 g/mol. The smallest absolute Gasteiger partial charge is 0.305 e. The first-order valence-electron chi connectivity index (χ1n) is 6.74. The van der Waals surface area contributed by atoms with Crippen LogP contribution < -0.4 is 10.2 Å². The highest BCUT2D eigenvalue weighted by Crippen LogP contribution is 2.13. The summed E-state index contributed by atoms with van der Waals surface area (Å²) in [6.45, 7) is 0.200. The number of carbonyl (C=O) groups is 2. The standard InChI is InChI=1S/C15H22N2O3/c1-17(2)13-8-6-12(7-9-13)4-3-5-14(18)16-11-10-15(19)20/h6-9H,3-5,10-11H2,1-2H3,(H,16,18)(H,19,20). The summed E-state index contributed by atoms with van der Waals surface area (Å²) in [6.07, 6.45) is 2.01. The van der Waals surface area contributed by atoms with Crippen LogP contribution in [0.4, 0.5) is 5.69 Å². The molecule has 0 saturated heterocycles. The summed E-state index contributed by atoms with van der Waals surface area (Å²) in [4.78, 5) is 23.8. The number of amides is 1. The molecule has 110 valence electrons. The molecule has 1 aromatic rings. The topological polar surface area (TPSA) is 69.6 Å². The van der Waals surface area contributed by atoms with Crippen molar-refractivity contribution in [3.8, 4) is 0 Å². The quantitative estimate of drug-likeness (QED) is 0.759. The maximum atomic E-state index is 11.4. The van der Waals surface area contributed by atoms with Gasteiger partial charge >= 0.3 is 5.97 Å². The Hall–Kier alpha value is -2.04. The lowest BCUT2D eigenvalue weighted by atomic mass is 10.1. The lowest BCUT2D eigenvalue weighted by Crippen LogP contribution is -2.25. The van der Waals surface area contributed by atoms with Crippen LogP contribution in [0.5, 0.6) is 0 Å². The largest absolute Gasteiger partial charge is 0.481 e. The van der Waals surface area contributed by atoms with Gasteiger partial charge in [0.05, 0.1) is 6.42 Å². The Morgan fingerprint density at radius 3 is 2.35 bits per heavy atom. The molecule has 0 aliphatic rings. The van der Waals surface area contributed by atoms with Crippen molar-refractivity contribution in [2.24, 2.45) is 0 Å². The minimum Gasteiger partial charge on any atom is -0.481 e. The van der Waals surface area contributed by atoms with Crippen molar-refractivity contribution in [3.63, 3.8) is 0 Å². The number of carboxylic acid groups (broad SMARTS) is 1. The molecule has 0 radical (unpaired) electrons. The number of hydrogen-bond donors (Lipinski definition) is 2. The first kappa shape index (κ1) is 16.0. The molecule has 20 heavy (non-hydrogen) atoms. The summed E-state index contributed by atoms with van der Waals surface area (Å²) in [5.41, 5.74) is 2.36. The number of hydrogen-bond acceptors (Lipinski definition) is 3. The van der Waals surface area contributed by atoms with Gasteiger partial charge in [-0.25, -0.2) is 0 Å². The molecule has 0 saturated carbocycles. The summed E-state index contributed by atoms with van der Waals surface area (Å²) >= 11 is 0. The van der Waals surface area contributed by atoms with Crippen LogP contribution in [-0.4, -0.2) is 37.6 Å². The number of anilines is 1. The van der Waals surface area contributed by atoms with E-state index in [9.17, 15) is 9.59 Å². The second-order valence-electron chi connectivity index (χ2n) is 4.91. The van der Waals surface area contributed by atoms with Crippen molar-refractivity contribution in [1.82, 2.24) is 5.32 Å².